The van der Waals surface area contributed by atoms with Gasteiger partial charge in [0.1, 0.15) is 0 Å². The van der Waals surface area contributed by atoms with E-state index < -0.39 is 0 Å². The third kappa shape index (κ3) is 1.95. The molecule has 1 aromatic rings. The van der Waals surface area contributed by atoms with Crippen molar-refractivity contribution in [3.63, 3.8) is 0 Å². The first-order chi connectivity index (χ1) is 7.83. The lowest BCUT2D eigenvalue weighted by atomic mass is 10.1. The Balaban J connectivity index is 1.54. The Morgan fingerprint density at radius 2 is 2.12 bits per heavy atom. The lowest BCUT2D eigenvalue weighted by Crippen LogP contribution is -2.62. The molecular weight excluding hydrogens is 220 g/mol. The van der Waals surface area contributed by atoms with Gasteiger partial charge in [0.05, 0.1) is 5.69 Å². The van der Waals surface area contributed by atoms with Gasteiger partial charge in [0.2, 0.25) is 0 Å². The van der Waals surface area contributed by atoms with Crippen LogP contribution in [0.15, 0.2) is 5.38 Å². The summed E-state index contributed by atoms with van der Waals surface area (Å²) in [5, 5.41) is 6.73. The normalized spacial score (nSPS) is 23.4. The highest BCUT2D eigenvalue weighted by atomic mass is 32.1. The van der Waals surface area contributed by atoms with Crippen LogP contribution in [0.4, 0.5) is 5.13 Å². The first kappa shape index (κ1) is 10.5. The highest BCUT2D eigenvalue weighted by Gasteiger charge is 2.33. The van der Waals surface area contributed by atoms with E-state index in [2.05, 4.69) is 32.4 Å². The summed E-state index contributed by atoms with van der Waals surface area (Å²) in [5.41, 5.74) is 1.14. The Labute approximate surface area is 100 Å². The predicted octanol–water partition coefficient (Wildman–Crippen LogP) is 0.545. The monoisotopic (exact) mass is 238 g/mol. The second-order valence-corrected chi connectivity index (χ2v) is 5.45. The minimum Gasteiger partial charge on any atom is -0.345 e. The molecule has 1 N–H and O–H groups in total. The van der Waals surface area contributed by atoms with E-state index in [1.165, 1.54) is 18.2 Å². The Hall–Kier alpha value is -0.650. The fourth-order valence-electron chi connectivity index (χ4n) is 2.38. The van der Waals surface area contributed by atoms with E-state index in [4.69, 9.17) is 0 Å². The van der Waals surface area contributed by atoms with Crippen molar-refractivity contribution >= 4 is 16.5 Å². The molecule has 1 aromatic heterocycles. The molecule has 88 valence electrons. The molecule has 16 heavy (non-hydrogen) atoms. The molecule has 2 fully saturated rings. The van der Waals surface area contributed by atoms with Crippen molar-refractivity contribution in [2.45, 2.75) is 13.0 Å². The average Bonchev–Trinajstić information content (AvgIpc) is 2.64. The van der Waals surface area contributed by atoms with E-state index in [0.717, 1.165) is 37.9 Å². The third-order valence-electron chi connectivity index (χ3n) is 3.41. The lowest BCUT2D eigenvalue weighted by molar-refractivity contribution is 0.147. The van der Waals surface area contributed by atoms with Crippen LogP contribution in [-0.2, 0) is 0 Å². The molecule has 5 heteroatoms. The van der Waals surface area contributed by atoms with E-state index in [0.29, 0.717) is 0 Å². The molecule has 0 saturated carbocycles. The van der Waals surface area contributed by atoms with Gasteiger partial charge in [0.25, 0.3) is 0 Å². The second-order valence-electron chi connectivity index (χ2n) is 4.62. The average molecular weight is 238 g/mol. The second kappa shape index (κ2) is 4.31. The van der Waals surface area contributed by atoms with E-state index in [-0.39, 0.29) is 0 Å². The highest BCUT2D eigenvalue weighted by molar-refractivity contribution is 7.13. The van der Waals surface area contributed by atoms with E-state index in [1.54, 1.807) is 11.3 Å². The van der Waals surface area contributed by atoms with Gasteiger partial charge in [-0.2, -0.15) is 0 Å². The molecule has 2 saturated heterocycles. The van der Waals surface area contributed by atoms with Crippen LogP contribution < -0.4 is 10.2 Å². The zero-order valence-corrected chi connectivity index (χ0v) is 10.5. The fourth-order valence-corrected chi connectivity index (χ4v) is 3.20. The van der Waals surface area contributed by atoms with Gasteiger partial charge >= 0.3 is 0 Å². The van der Waals surface area contributed by atoms with Crippen molar-refractivity contribution in [2.75, 3.05) is 44.2 Å². The topological polar surface area (TPSA) is 31.4 Å². The Kier molecular flexibility index (Phi) is 2.83. The van der Waals surface area contributed by atoms with Crippen molar-refractivity contribution in [1.29, 1.82) is 0 Å². The summed E-state index contributed by atoms with van der Waals surface area (Å²) in [5.74, 6) is 0. The van der Waals surface area contributed by atoms with E-state index >= 15 is 0 Å². The number of rotatable bonds is 2. The molecule has 0 spiro atoms. The number of hydrogen-bond donors (Lipinski definition) is 1. The van der Waals surface area contributed by atoms with Crippen LogP contribution in [0.5, 0.6) is 0 Å². The molecule has 3 heterocycles. The van der Waals surface area contributed by atoms with Crippen LogP contribution in [0.1, 0.15) is 5.69 Å². The maximum Gasteiger partial charge on any atom is 0.185 e. The maximum absolute atomic E-state index is 4.53. The molecule has 2 aliphatic heterocycles. The van der Waals surface area contributed by atoms with Crippen LogP contribution in [0.3, 0.4) is 0 Å². The number of anilines is 1. The zero-order valence-electron chi connectivity index (χ0n) is 9.65. The van der Waals surface area contributed by atoms with Crippen LogP contribution in [-0.4, -0.2) is 55.2 Å². The summed E-state index contributed by atoms with van der Waals surface area (Å²) < 4.78 is 0. The number of piperazine rings is 1. The van der Waals surface area contributed by atoms with Crippen molar-refractivity contribution in [2.24, 2.45) is 0 Å². The van der Waals surface area contributed by atoms with Crippen molar-refractivity contribution in [3.8, 4) is 0 Å². The summed E-state index contributed by atoms with van der Waals surface area (Å²) in [4.78, 5) is 9.52. The van der Waals surface area contributed by atoms with Gasteiger partial charge in [-0.25, -0.2) is 4.98 Å². The molecule has 0 atom stereocenters. The van der Waals surface area contributed by atoms with Crippen LogP contribution in [0.25, 0.3) is 0 Å². The molecule has 0 aromatic carbocycles. The lowest BCUT2D eigenvalue weighted by Gasteiger charge is -2.46. The number of aromatic nitrogens is 1. The van der Waals surface area contributed by atoms with Gasteiger partial charge in [0, 0.05) is 50.7 Å². The summed E-state index contributed by atoms with van der Waals surface area (Å²) in [7, 11) is 0. The van der Waals surface area contributed by atoms with Crippen LogP contribution >= 0.6 is 11.3 Å². The van der Waals surface area contributed by atoms with Gasteiger partial charge in [-0.3, -0.25) is 4.90 Å². The number of nitrogens with one attached hydrogen (secondary N) is 1. The van der Waals surface area contributed by atoms with Crippen LogP contribution in [0, 0.1) is 6.92 Å². The van der Waals surface area contributed by atoms with Gasteiger partial charge in [0.15, 0.2) is 5.13 Å². The number of thiazole rings is 1. The van der Waals surface area contributed by atoms with Crippen molar-refractivity contribution in [1.82, 2.24) is 15.2 Å². The van der Waals surface area contributed by atoms with Gasteiger partial charge in [-0.1, -0.05) is 0 Å². The molecule has 4 nitrogen and oxygen atoms in total. The minimum atomic E-state index is 0.756. The predicted molar refractivity (Wildman–Crippen MR) is 67.3 cm³/mol. The van der Waals surface area contributed by atoms with Crippen LogP contribution in [0.2, 0.25) is 0 Å². The quantitative estimate of drug-likeness (QED) is 0.815. The maximum atomic E-state index is 4.53. The fraction of sp³-hybridized carbons (Fsp3) is 0.727. The first-order valence-electron chi connectivity index (χ1n) is 5.95. The van der Waals surface area contributed by atoms with E-state index in [9.17, 15) is 0 Å². The number of nitrogens with zero attached hydrogens (tertiary/aromatic N) is 3. The Morgan fingerprint density at radius 1 is 1.38 bits per heavy atom. The standard InChI is InChI=1S/C11H18N4S/c1-9-8-16-11(13-9)15-6-10(7-15)14-4-2-12-3-5-14/h8,10,12H,2-7H2,1H3. The smallest absolute Gasteiger partial charge is 0.185 e. The summed E-state index contributed by atoms with van der Waals surface area (Å²) in [6.07, 6.45) is 0. The van der Waals surface area contributed by atoms with Crippen molar-refractivity contribution < 1.29 is 0 Å². The summed E-state index contributed by atoms with van der Waals surface area (Å²) in [6.45, 7) is 9.08. The molecule has 0 amide bonds. The zero-order chi connectivity index (χ0) is 11.0. The third-order valence-corrected chi connectivity index (χ3v) is 4.43. The van der Waals surface area contributed by atoms with Gasteiger partial charge < -0.3 is 10.2 Å². The number of hydrogen-bond acceptors (Lipinski definition) is 5. The van der Waals surface area contributed by atoms with E-state index in [1.807, 2.05) is 0 Å². The number of aryl methyl sites for hydroxylation is 1. The van der Waals surface area contributed by atoms with Crippen molar-refractivity contribution in [3.05, 3.63) is 11.1 Å². The first-order valence-corrected chi connectivity index (χ1v) is 6.83. The summed E-state index contributed by atoms with van der Waals surface area (Å²) >= 11 is 1.77. The molecule has 0 radical (unpaired) electrons. The molecule has 2 aliphatic rings. The largest absolute Gasteiger partial charge is 0.345 e. The Bertz CT molecular complexity index is 353. The summed E-state index contributed by atoms with van der Waals surface area (Å²) in [6, 6.07) is 0.756. The van der Waals surface area contributed by atoms with Gasteiger partial charge in [-0.05, 0) is 6.92 Å². The molecule has 0 unspecified atom stereocenters. The molecule has 0 aliphatic carbocycles. The molecule has 0 bridgehead atoms. The minimum absolute atomic E-state index is 0.756. The Morgan fingerprint density at radius 3 is 2.75 bits per heavy atom. The SMILES string of the molecule is Cc1csc(N2CC(N3CCNCC3)C2)n1. The van der Waals surface area contributed by atoms with Gasteiger partial charge in [-0.15, -0.1) is 11.3 Å². The molecule has 3 rings (SSSR count). The molecular formula is C11H18N4S. The highest BCUT2D eigenvalue weighted by Crippen LogP contribution is 2.26.